The SMILES string of the molecule is NC(=NCCc1ccc2cn[nH]c2c1)N1CCN(c2ncccn2)CC1. The van der Waals surface area contributed by atoms with Crippen LogP contribution < -0.4 is 10.6 Å². The smallest absolute Gasteiger partial charge is 0.225 e. The molecule has 2 aromatic heterocycles. The average Bonchev–Trinajstić information content (AvgIpc) is 3.16. The first kappa shape index (κ1) is 16.3. The normalized spacial score (nSPS) is 15.6. The Balaban J connectivity index is 1.29. The summed E-state index contributed by atoms with van der Waals surface area (Å²) in [6.45, 7) is 4.02. The highest BCUT2D eigenvalue weighted by molar-refractivity contribution is 5.79. The molecule has 134 valence electrons. The van der Waals surface area contributed by atoms with Crippen molar-refractivity contribution in [2.75, 3.05) is 37.6 Å². The van der Waals surface area contributed by atoms with Crippen molar-refractivity contribution in [1.29, 1.82) is 0 Å². The second-order valence-corrected chi connectivity index (χ2v) is 6.30. The fourth-order valence-electron chi connectivity index (χ4n) is 3.13. The number of nitrogens with zero attached hydrogens (tertiary/aromatic N) is 6. The summed E-state index contributed by atoms with van der Waals surface area (Å²) < 4.78 is 0. The first-order chi connectivity index (χ1) is 12.8. The van der Waals surface area contributed by atoms with Crippen LogP contribution in [0.15, 0.2) is 47.8 Å². The molecule has 0 unspecified atom stereocenters. The van der Waals surface area contributed by atoms with Crippen molar-refractivity contribution < 1.29 is 0 Å². The zero-order valence-corrected chi connectivity index (χ0v) is 14.5. The Hall–Kier alpha value is -3.16. The third-order valence-corrected chi connectivity index (χ3v) is 4.62. The van der Waals surface area contributed by atoms with Gasteiger partial charge in [-0.1, -0.05) is 12.1 Å². The second-order valence-electron chi connectivity index (χ2n) is 6.30. The molecule has 0 aliphatic carbocycles. The molecule has 3 aromatic rings. The lowest BCUT2D eigenvalue weighted by Crippen LogP contribution is -2.51. The van der Waals surface area contributed by atoms with Crippen molar-refractivity contribution in [2.45, 2.75) is 6.42 Å². The number of nitrogens with one attached hydrogen (secondary N) is 1. The molecule has 0 radical (unpaired) electrons. The van der Waals surface area contributed by atoms with Crippen LogP contribution in [-0.4, -0.2) is 63.7 Å². The predicted molar refractivity (Wildman–Crippen MR) is 102 cm³/mol. The number of aromatic amines is 1. The van der Waals surface area contributed by atoms with Gasteiger partial charge in [-0.2, -0.15) is 5.10 Å². The van der Waals surface area contributed by atoms with Gasteiger partial charge in [0.25, 0.3) is 0 Å². The number of piperazine rings is 1. The Morgan fingerprint density at radius 1 is 1.15 bits per heavy atom. The number of aromatic nitrogens is 4. The molecule has 8 heteroatoms. The van der Waals surface area contributed by atoms with Crippen molar-refractivity contribution in [1.82, 2.24) is 25.1 Å². The third kappa shape index (κ3) is 3.58. The molecule has 1 aliphatic heterocycles. The van der Waals surface area contributed by atoms with Gasteiger partial charge in [-0.05, 0) is 24.1 Å². The molecule has 4 rings (SSSR count). The van der Waals surface area contributed by atoms with Crippen LogP contribution in [0.4, 0.5) is 5.95 Å². The minimum Gasteiger partial charge on any atom is -0.370 e. The largest absolute Gasteiger partial charge is 0.370 e. The maximum Gasteiger partial charge on any atom is 0.225 e. The molecule has 0 saturated carbocycles. The zero-order chi connectivity index (χ0) is 17.8. The number of H-pyrrole nitrogens is 1. The molecule has 0 atom stereocenters. The van der Waals surface area contributed by atoms with Gasteiger partial charge in [0.05, 0.1) is 11.7 Å². The Kier molecular flexibility index (Phi) is 4.63. The molecule has 0 amide bonds. The van der Waals surface area contributed by atoms with E-state index in [9.17, 15) is 0 Å². The van der Waals surface area contributed by atoms with E-state index >= 15 is 0 Å². The highest BCUT2D eigenvalue weighted by atomic mass is 15.3. The number of benzene rings is 1. The monoisotopic (exact) mass is 350 g/mol. The highest BCUT2D eigenvalue weighted by Gasteiger charge is 2.19. The van der Waals surface area contributed by atoms with E-state index in [2.05, 4.69) is 53.2 Å². The van der Waals surface area contributed by atoms with E-state index in [1.165, 1.54) is 5.56 Å². The summed E-state index contributed by atoms with van der Waals surface area (Å²) in [6.07, 6.45) is 6.22. The number of fused-ring (bicyclic) bond motifs is 1. The third-order valence-electron chi connectivity index (χ3n) is 4.62. The second kappa shape index (κ2) is 7.38. The van der Waals surface area contributed by atoms with E-state index in [1.54, 1.807) is 12.4 Å². The van der Waals surface area contributed by atoms with Crippen LogP contribution in [0.1, 0.15) is 5.56 Å². The van der Waals surface area contributed by atoms with Crippen LogP contribution in [0.5, 0.6) is 0 Å². The molecule has 1 fully saturated rings. The van der Waals surface area contributed by atoms with Crippen molar-refractivity contribution in [3.8, 4) is 0 Å². The van der Waals surface area contributed by atoms with Gasteiger partial charge in [0.1, 0.15) is 0 Å². The summed E-state index contributed by atoms with van der Waals surface area (Å²) in [6, 6.07) is 8.13. The molecular formula is C18H22N8. The van der Waals surface area contributed by atoms with Gasteiger partial charge in [-0.25, -0.2) is 9.97 Å². The fraction of sp³-hybridized carbons (Fsp3) is 0.333. The Bertz CT molecular complexity index is 880. The number of guanidine groups is 1. The van der Waals surface area contributed by atoms with E-state index in [1.807, 2.05) is 12.3 Å². The molecule has 0 spiro atoms. The molecule has 1 aromatic carbocycles. The standard InChI is InChI=1S/C18H22N8/c19-17(20-7-4-14-2-3-15-13-23-24-16(15)12-14)25-8-10-26(11-9-25)18-21-5-1-6-22-18/h1-3,5-6,12-13H,4,7-11H2,(H2,19,20)(H,23,24). The summed E-state index contributed by atoms with van der Waals surface area (Å²) in [5.41, 5.74) is 8.46. The number of anilines is 1. The van der Waals surface area contributed by atoms with Crippen LogP contribution in [0.3, 0.4) is 0 Å². The first-order valence-corrected chi connectivity index (χ1v) is 8.78. The molecule has 26 heavy (non-hydrogen) atoms. The Morgan fingerprint density at radius 3 is 2.77 bits per heavy atom. The average molecular weight is 350 g/mol. The summed E-state index contributed by atoms with van der Waals surface area (Å²) in [5.74, 6) is 1.39. The molecule has 8 nitrogen and oxygen atoms in total. The van der Waals surface area contributed by atoms with Crippen molar-refractivity contribution in [3.63, 3.8) is 0 Å². The summed E-state index contributed by atoms with van der Waals surface area (Å²) >= 11 is 0. The number of aliphatic imine (C=N–C) groups is 1. The molecular weight excluding hydrogens is 328 g/mol. The van der Waals surface area contributed by atoms with E-state index in [0.29, 0.717) is 12.5 Å². The molecule has 0 bridgehead atoms. The van der Waals surface area contributed by atoms with Gasteiger partial charge in [-0.15, -0.1) is 0 Å². The lowest BCUT2D eigenvalue weighted by atomic mass is 10.1. The van der Waals surface area contributed by atoms with E-state index < -0.39 is 0 Å². The minimum absolute atomic E-state index is 0.612. The number of nitrogens with two attached hydrogens (primary N) is 1. The van der Waals surface area contributed by atoms with Gasteiger partial charge in [0, 0.05) is 50.5 Å². The maximum absolute atomic E-state index is 6.18. The van der Waals surface area contributed by atoms with Crippen LogP contribution in [0.25, 0.3) is 10.9 Å². The van der Waals surface area contributed by atoms with Crippen molar-refractivity contribution >= 4 is 22.8 Å². The van der Waals surface area contributed by atoms with E-state index in [4.69, 9.17) is 5.73 Å². The summed E-state index contributed by atoms with van der Waals surface area (Å²) in [5, 5.41) is 8.17. The summed E-state index contributed by atoms with van der Waals surface area (Å²) in [7, 11) is 0. The fourth-order valence-corrected chi connectivity index (χ4v) is 3.13. The van der Waals surface area contributed by atoms with Crippen LogP contribution in [-0.2, 0) is 6.42 Å². The Morgan fingerprint density at radius 2 is 1.96 bits per heavy atom. The lowest BCUT2D eigenvalue weighted by molar-refractivity contribution is 0.378. The molecule has 1 saturated heterocycles. The van der Waals surface area contributed by atoms with Crippen LogP contribution in [0.2, 0.25) is 0 Å². The maximum atomic E-state index is 6.18. The van der Waals surface area contributed by atoms with Gasteiger partial charge >= 0.3 is 0 Å². The number of rotatable bonds is 4. The van der Waals surface area contributed by atoms with Gasteiger partial charge < -0.3 is 15.5 Å². The van der Waals surface area contributed by atoms with E-state index in [0.717, 1.165) is 49.5 Å². The summed E-state index contributed by atoms with van der Waals surface area (Å²) in [4.78, 5) is 17.4. The van der Waals surface area contributed by atoms with Gasteiger partial charge in [0.15, 0.2) is 5.96 Å². The molecule has 3 N–H and O–H groups in total. The van der Waals surface area contributed by atoms with Crippen LogP contribution >= 0.6 is 0 Å². The van der Waals surface area contributed by atoms with Crippen molar-refractivity contribution in [3.05, 3.63) is 48.4 Å². The first-order valence-electron chi connectivity index (χ1n) is 8.78. The van der Waals surface area contributed by atoms with Crippen molar-refractivity contribution in [2.24, 2.45) is 10.7 Å². The lowest BCUT2D eigenvalue weighted by Gasteiger charge is -2.35. The van der Waals surface area contributed by atoms with Gasteiger partial charge in [0.2, 0.25) is 5.95 Å². The zero-order valence-electron chi connectivity index (χ0n) is 14.5. The highest BCUT2D eigenvalue weighted by Crippen LogP contribution is 2.13. The molecule has 1 aliphatic rings. The predicted octanol–water partition coefficient (Wildman–Crippen LogP) is 1.03. The quantitative estimate of drug-likeness (QED) is 0.539. The topological polar surface area (TPSA) is 99.3 Å². The number of hydrogen-bond donors (Lipinski definition) is 2. The Labute approximate surface area is 151 Å². The van der Waals surface area contributed by atoms with Crippen LogP contribution in [0, 0.1) is 0 Å². The molecule has 3 heterocycles. The minimum atomic E-state index is 0.612. The number of hydrogen-bond acceptors (Lipinski definition) is 5. The van der Waals surface area contributed by atoms with Gasteiger partial charge in [-0.3, -0.25) is 10.1 Å². The van der Waals surface area contributed by atoms with E-state index in [-0.39, 0.29) is 0 Å².